The van der Waals surface area contributed by atoms with Gasteiger partial charge < -0.3 is 24.6 Å². The number of carbonyl (C=O) groups is 1. The van der Waals surface area contributed by atoms with E-state index in [9.17, 15) is 9.90 Å². The number of nitrogens with zero attached hydrogens (tertiary/aromatic N) is 3. The normalized spacial score (nSPS) is 17.4. The molecule has 2 N–H and O–H groups in total. The van der Waals surface area contributed by atoms with Crippen LogP contribution in [0.1, 0.15) is 33.8 Å². The number of nitrogens with one attached hydrogen (secondary N) is 1. The second kappa shape index (κ2) is 8.99. The standard InChI is InChI=1S/C26H22N4O3S/c1-33-22-10-3-2-8-20(22)30-24(23(28-26(30)34)19-7-4-5-15-27-19)21-9-6-16-29(21)18-13-11-17(12-14-18)25(31)32/h2-16,23-24H,1H3,(H,28,34)(H,31,32)/t23-,24+/m0/s1. The molecule has 0 bridgehead atoms. The van der Waals surface area contributed by atoms with Gasteiger partial charge in [-0.15, -0.1) is 0 Å². The Hall–Kier alpha value is -4.17. The molecule has 34 heavy (non-hydrogen) atoms. The van der Waals surface area contributed by atoms with Gasteiger partial charge in [0, 0.05) is 23.8 Å². The summed E-state index contributed by atoms with van der Waals surface area (Å²) in [5.74, 6) is -0.246. The molecular formula is C26H22N4O3S. The Bertz CT molecular complexity index is 1340. The fourth-order valence-electron chi connectivity index (χ4n) is 4.38. The summed E-state index contributed by atoms with van der Waals surface area (Å²) in [5.41, 5.74) is 3.77. The molecule has 7 nitrogen and oxygen atoms in total. The molecule has 0 saturated carbocycles. The maximum atomic E-state index is 11.3. The Morgan fingerprint density at radius 1 is 1.03 bits per heavy atom. The smallest absolute Gasteiger partial charge is 0.335 e. The minimum atomic E-state index is -0.956. The SMILES string of the molecule is COc1ccccc1N1C(=S)N[C@@H](c2ccccn2)[C@H]1c1cccn1-c1ccc(C(=O)O)cc1. The van der Waals surface area contributed by atoms with Crippen LogP contribution < -0.4 is 15.0 Å². The number of methoxy groups -OCH3 is 1. The first-order valence-corrected chi connectivity index (χ1v) is 11.1. The molecule has 0 radical (unpaired) electrons. The van der Waals surface area contributed by atoms with Crippen molar-refractivity contribution in [3.05, 3.63) is 108 Å². The summed E-state index contributed by atoms with van der Waals surface area (Å²) in [4.78, 5) is 18.0. The minimum Gasteiger partial charge on any atom is -0.495 e. The number of aromatic carboxylic acids is 1. The lowest BCUT2D eigenvalue weighted by Gasteiger charge is -2.30. The molecule has 1 fully saturated rings. The average molecular weight is 471 g/mol. The van der Waals surface area contributed by atoms with Crippen LogP contribution in [0.3, 0.4) is 0 Å². The molecule has 1 aliphatic rings. The predicted octanol–water partition coefficient (Wildman–Crippen LogP) is 4.76. The van der Waals surface area contributed by atoms with Gasteiger partial charge in [-0.25, -0.2) is 4.79 Å². The van der Waals surface area contributed by atoms with Gasteiger partial charge in [0.1, 0.15) is 11.8 Å². The van der Waals surface area contributed by atoms with Crippen molar-refractivity contribution in [1.29, 1.82) is 0 Å². The number of aromatic nitrogens is 2. The van der Waals surface area contributed by atoms with E-state index < -0.39 is 5.97 Å². The summed E-state index contributed by atoms with van der Waals surface area (Å²) in [6, 6.07) is 24.0. The number of carboxylic acid groups (broad SMARTS) is 1. The summed E-state index contributed by atoms with van der Waals surface area (Å²) in [5, 5.41) is 13.3. The molecule has 5 rings (SSSR count). The number of thiocarbonyl (C=S) groups is 1. The van der Waals surface area contributed by atoms with E-state index in [0.29, 0.717) is 10.9 Å². The fourth-order valence-corrected chi connectivity index (χ4v) is 4.72. The number of benzene rings is 2. The maximum absolute atomic E-state index is 11.3. The van der Waals surface area contributed by atoms with Crippen LogP contribution in [0.5, 0.6) is 5.75 Å². The maximum Gasteiger partial charge on any atom is 0.335 e. The van der Waals surface area contributed by atoms with Crippen molar-refractivity contribution in [2.75, 3.05) is 12.0 Å². The van der Waals surface area contributed by atoms with Crippen LogP contribution in [0, 0.1) is 0 Å². The molecule has 0 aliphatic carbocycles. The van der Waals surface area contributed by atoms with Crippen molar-refractivity contribution >= 4 is 29.0 Å². The summed E-state index contributed by atoms with van der Waals surface area (Å²) in [6.07, 6.45) is 3.73. The Morgan fingerprint density at radius 2 is 1.79 bits per heavy atom. The molecule has 3 heterocycles. The Morgan fingerprint density at radius 3 is 2.50 bits per heavy atom. The molecule has 2 aromatic carbocycles. The average Bonchev–Trinajstić information content (AvgIpc) is 3.48. The number of ether oxygens (including phenoxy) is 1. The van der Waals surface area contributed by atoms with E-state index >= 15 is 0 Å². The van der Waals surface area contributed by atoms with Gasteiger partial charge in [-0.05, 0) is 72.9 Å². The molecule has 1 saturated heterocycles. The summed E-state index contributed by atoms with van der Waals surface area (Å²) >= 11 is 5.82. The van der Waals surface area contributed by atoms with Crippen LogP contribution in [0.25, 0.3) is 5.69 Å². The third kappa shape index (κ3) is 3.78. The summed E-state index contributed by atoms with van der Waals surface area (Å²) < 4.78 is 7.70. The first kappa shape index (κ1) is 21.7. The van der Waals surface area contributed by atoms with Crippen LogP contribution in [0.15, 0.2) is 91.3 Å². The zero-order chi connectivity index (χ0) is 23.7. The molecule has 0 amide bonds. The Labute approximate surface area is 202 Å². The van der Waals surface area contributed by atoms with Gasteiger partial charge in [0.05, 0.1) is 30.1 Å². The molecule has 170 valence electrons. The number of anilines is 1. The summed E-state index contributed by atoms with van der Waals surface area (Å²) in [6.45, 7) is 0. The van der Waals surface area contributed by atoms with Crippen molar-refractivity contribution in [3.8, 4) is 11.4 Å². The van der Waals surface area contributed by atoms with E-state index in [4.69, 9.17) is 17.0 Å². The number of pyridine rings is 1. The van der Waals surface area contributed by atoms with Crippen LogP contribution in [0.4, 0.5) is 5.69 Å². The lowest BCUT2D eigenvalue weighted by Crippen LogP contribution is -2.30. The Kier molecular flexibility index (Phi) is 5.73. The van der Waals surface area contributed by atoms with Crippen molar-refractivity contribution < 1.29 is 14.6 Å². The molecule has 2 aromatic heterocycles. The van der Waals surface area contributed by atoms with Gasteiger partial charge in [0.2, 0.25) is 0 Å². The summed E-state index contributed by atoms with van der Waals surface area (Å²) in [7, 11) is 1.64. The molecule has 1 aliphatic heterocycles. The molecule has 8 heteroatoms. The van der Waals surface area contributed by atoms with Crippen LogP contribution >= 0.6 is 12.2 Å². The van der Waals surface area contributed by atoms with Gasteiger partial charge in [0.25, 0.3) is 0 Å². The second-order valence-electron chi connectivity index (χ2n) is 7.82. The second-order valence-corrected chi connectivity index (χ2v) is 8.21. The quantitative estimate of drug-likeness (QED) is 0.394. The lowest BCUT2D eigenvalue weighted by molar-refractivity contribution is 0.0697. The number of hydrogen-bond acceptors (Lipinski definition) is 4. The highest BCUT2D eigenvalue weighted by atomic mass is 32.1. The van der Waals surface area contributed by atoms with Gasteiger partial charge in [-0.2, -0.15) is 0 Å². The largest absolute Gasteiger partial charge is 0.495 e. The minimum absolute atomic E-state index is 0.217. The van der Waals surface area contributed by atoms with E-state index in [2.05, 4.69) is 15.2 Å². The van der Waals surface area contributed by atoms with Gasteiger partial charge >= 0.3 is 5.97 Å². The van der Waals surface area contributed by atoms with Crippen molar-refractivity contribution in [3.63, 3.8) is 0 Å². The van der Waals surface area contributed by atoms with E-state index in [1.165, 1.54) is 0 Å². The van der Waals surface area contributed by atoms with Gasteiger partial charge in [-0.3, -0.25) is 4.98 Å². The van der Waals surface area contributed by atoms with Crippen molar-refractivity contribution in [2.45, 2.75) is 12.1 Å². The third-order valence-electron chi connectivity index (χ3n) is 5.92. The fraction of sp³-hybridized carbons (Fsp3) is 0.115. The molecule has 0 spiro atoms. The van der Waals surface area contributed by atoms with Gasteiger partial charge in [0.15, 0.2) is 5.11 Å². The van der Waals surface area contributed by atoms with Crippen LogP contribution in [-0.2, 0) is 0 Å². The number of rotatable bonds is 6. The zero-order valence-electron chi connectivity index (χ0n) is 18.3. The molecule has 2 atom stereocenters. The lowest BCUT2D eigenvalue weighted by atomic mass is 10.0. The number of carboxylic acids is 1. The van der Waals surface area contributed by atoms with Gasteiger partial charge in [-0.1, -0.05) is 18.2 Å². The number of hydrogen-bond donors (Lipinski definition) is 2. The highest BCUT2D eigenvalue weighted by Crippen LogP contribution is 2.44. The van der Waals surface area contributed by atoms with E-state index in [-0.39, 0.29) is 17.6 Å². The molecular weight excluding hydrogens is 448 g/mol. The highest BCUT2D eigenvalue weighted by Gasteiger charge is 2.43. The zero-order valence-corrected chi connectivity index (χ0v) is 19.1. The molecule has 0 unspecified atom stereocenters. The van der Waals surface area contributed by atoms with E-state index in [1.807, 2.05) is 65.4 Å². The van der Waals surface area contributed by atoms with Crippen molar-refractivity contribution in [2.24, 2.45) is 0 Å². The van der Waals surface area contributed by atoms with Crippen molar-refractivity contribution in [1.82, 2.24) is 14.9 Å². The topological polar surface area (TPSA) is 79.6 Å². The van der Waals surface area contributed by atoms with Crippen LogP contribution in [0.2, 0.25) is 0 Å². The first-order valence-electron chi connectivity index (χ1n) is 10.7. The monoisotopic (exact) mass is 470 g/mol. The number of para-hydroxylation sites is 2. The molecule has 4 aromatic rings. The van der Waals surface area contributed by atoms with E-state index in [1.54, 1.807) is 37.6 Å². The van der Waals surface area contributed by atoms with Crippen LogP contribution in [-0.4, -0.2) is 32.8 Å². The van der Waals surface area contributed by atoms with E-state index in [0.717, 1.165) is 22.8 Å². The Balaban J connectivity index is 1.66. The third-order valence-corrected chi connectivity index (χ3v) is 6.23. The first-order chi connectivity index (χ1) is 16.6. The predicted molar refractivity (Wildman–Crippen MR) is 134 cm³/mol. The highest BCUT2D eigenvalue weighted by molar-refractivity contribution is 7.80.